The lowest BCUT2D eigenvalue weighted by Gasteiger charge is -2.27. The fraction of sp³-hybridized carbons (Fsp3) is 0.647. The third-order valence-electron chi connectivity index (χ3n) is 4.94. The molecule has 20 heavy (non-hydrogen) atoms. The molecular formula is C17H22FNO. The summed E-state index contributed by atoms with van der Waals surface area (Å²) in [6.07, 6.45) is 6.76. The van der Waals surface area contributed by atoms with E-state index < -0.39 is 0 Å². The van der Waals surface area contributed by atoms with Crippen LogP contribution in [0.1, 0.15) is 43.7 Å². The molecule has 2 aliphatic carbocycles. The highest BCUT2D eigenvalue weighted by atomic mass is 19.1. The number of ether oxygens (including phenoxy) is 1. The molecule has 0 spiro atoms. The highest BCUT2D eigenvalue weighted by Gasteiger charge is 2.43. The Balaban J connectivity index is 1.49. The van der Waals surface area contributed by atoms with Gasteiger partial charge in [0.15, 0.2) is 0 Å². The quantitative estimate of drug-likeness (QED) is 0.889. The minimum absolute atomic E-state index is 0.150. The van der Waals surface area contributed by atoms with Crippen LogP contribution in [0.15, 0.2) is 24.3 Å². The largest absolute Gasteiger partial charge is 0.376 e. The number of rotatable bonds is 5. The van der Waals surface area contributed by atoms with Gasteiger partial charge in [-0.2, -0.15) is 0 Å². The van der Waals surface area contributed by atoms with Crippen LogP contribution in [0.25, 0.3) is 0 Å². The van der Waals surface area contributed by atoms with Crippen LogP contribution in [0.4, 0.5) is 4.39 Å². The van der Waals surface area contributed by atoms with Gasteiger partial charge in [-0.25, -0.2) is 4.39 Å². The predicted octanol–water partition coefficient (Wildman–Crippen LogP) is 3.43. The first-order valence-electron chi connectivity index (χ1n) is 7.94. The summed E-state index contributed by atoms with van der Waals surface area (Å²) in [7, 11) is 0. The van der Waals surface area contributed by atoms with E-state index in [1.807, 2.05) is 12.1 Å². The first-order valence-corrected chi connectivity index (χ1v) is 7.94. The molecule has 3 atom stereocenters. The highest BCUT2D eigenvalue weighted by Crippen LogP contribution is 2.44. The van der Waals surface area contributed by atoms with Gasteiger partial charge in [-0.1, -0.05) is 12.1 Å². The molecule has 0 aromatic heterocycles. The molecule has 1 aromatic carbocycles. The van der Waals surface area contributed by atoms with Crippen LogP contribution < -0.4 is 5.32 Å². The van der Waals surface area contributed by atoms with Gasteiger partial charge in [0, 0.05) is 18.7 Å². The molecule has 2 nitrogen and oxygen atoms in total. The number of hydrogen-bond donors (Lipinski definition) is 1. The second-order valence-electron chi connectivity index (χ2n) is 6.60. The molecule has 3 aliphatic rings. The summed E-state index contributed by atoms with van der Waals surface area (Å²) >= 11 is 0. The van der Waals surface area contributed by atoms with Crippen LogP contribution in [-0.2, 0) is 4.74 Å². The third kappa shape index (κ3) is 2.61. The second-order valence-corrected chi connectivity index (χ2v) is 6.60. The fourth-order valence-corrected chi connectivity index (χ4v) is 3.51. The lowest BCUT2D eigenvalue weighted by atomic mass is 9.98. The average molecular weight is 275 g/mol. The average Bonchev–Trinajstić information content (AvgIpc) is 3.37. The summed E-state index contributed by atoms with van der Waals surface area (Å²) in [6.45, 7) is 0.889. The Labute approximate surface area is 119 Å². The van der Waals surface area contributed by atoms with Crippen molar-refractivity contribution >= 4 is 0 Å². The van der Waals surface area contributed by atoms with Gasteiger partial charge in [0.25, 0.3) is 0 Å². The number of nitrogens with one attached hydrogen (secondary N) is 1. The summed E-state index contributed by atoms with van der Waals surface area (Å²) in [5, 5.41) is 3.84. The van der Waals surface area contributed by atoms with E-state index >= 15 is 0 Å². The lowest BCUT2D eigenvalue weighted by molar-refractivity contribution is 0.0782. The number of benzene rings is 1. The van der Waals surface area contributed by atoms with Gasteiger partial charge in [0.2, 0.25) is 0 Å². The molecule has 108 valence electrons. The van der Waals surface area contributed by atoms with Crippen molar-refractivity contribution in [1.29, 1.82) is 0 Å². The van der Waals surface area contributed by atoms with Crippen molar-refractivity contribution in [2.75, 3.05) is 6.61 Å². The van der Waals surface area contributed by atoms with Crippen LogP contribution in [0.5, 0.6) is 0 Å². The summed E-state index contributed by atoms with van der Waals surface area (Å²) < 4.78 is 19.0. The van der Waals surface area contributed by atoms with Crippen molar-refractivity contribution in [3.8, 4) is 0 Å². The molecule has 1 aromatic rings. The maximum absolute atomic E-state index is 13.1. The molecule has 1 N–H and O–H groups in total. The molecule has 1 saturated heterocycles. The second kappa shape index (κ2) is 5.12. The van der Waals surface area contributed by atoms with Crippen molar-refractivity contribution in [3.05, 3.63) is 35.6 Å². The fourth-order valence-electron chi connectivity index (χ4n) is 3.51. The van der Waals surface area contributed by atoms with Gasteiger partial charge < -0.3 is 10.1 Å². The van der Waals surface area contributed by atoms with Crippen LogP contribution in [0, 0.1) is 17.7 Å². The highest BCUT2D eigenvalue weighted by molar-refractivity contribution is 5.22. The molecule has 4 rings (SSSR count). The molecule has 1 aliphatic heterocycles. The molecule has 3 heteroatoms. The van der Waals surface area contributed by atoms with Gasteiger partial charge in [-0.3, -0.25) is 0 Å². The van der Waals surface area contributed by atoms with E-state index in [2.05, 4.69) is 5.32 Å². The van der Waals surface area contributed by atoms with Gasteiger partial charge >= 0.3 is 0 Å². The normalized spacial score (nSPS) is 31.4. The van der Waals surface area contributed by atoms with Gasteiger partial charge in [0.05, 0.1) is 6.10 Å². The monoisotopic (exact) mass is 275 g/mol. The predicted molar refractivity (Wildman–Crippen MR) is 75.9 cm³/mol. The molecule has 0 amide bonds. The standard InChI is InChI=1S/C17H22FNO/c18-14-7-5-12(6-8-14)16(11-1-2-11)19-15-9-10-20-17(15)13-3-4-13/h5-8,11,13,15-17,19H,1-4,9-10H2. The molecule has 0 radical (unpaired) electrons. The molecule has 1 heterocycles. The minimum Gasteiger partial charge on any atom is -0.376 e. The van der Waals surface area contributed by atoms with Crippen molar-refractivity contribution < 1.29 is 9.13 Å². The summed E-state index contributed by atoms with van der Waals surface area (Å²) in [5.41, 5.74) is 1.23. The van der Waals surface area contributed by atoms with E-state index in [4.69, 9.17) is 4.74 Å². The van der Waals surface area contributed by atoms with Crippen LogP contribution >= 0.6 is 0 Å². The Hall–Kier alpha value is -0.930. The Morgan fingerprint density at radius 3 is 2.45 bits per heavy atom. The molecule has 2 saturated carbocycles. The van der Waals surface area contributed by atoms with Crippen LogP contribution in [0.3, 0.4) is 0 Å². The molecule has 0 bridgehead atoms. The van der Waals surface area contributed by atoms with E-state index in [0.29, 0.717) is 18.2 Å². The molecule has 3 fully saturated rings. The topological polar surface area (TPSA) is 21.3 Å². The number of halogens is 1. The first kappa shape index (κ1) is 12.8. The van der Waals surface area contributed by atoms with Gasteiger partial charge in [0.1, 0.15) is 5.82 Å². The van der Waals surface area contributed by atoms with Crippen molar-refractivity contribution in [3.63, 3.8) is 0 Å². The summed E-state index contributed by atoms with van der Waals surface area (Å²) in [4.78, 5) is 0. The van der Waals surface area contributed by atoms with Crippen molar-refractivity contribution in [2.45, 2.75) is 50.3 Å². The van der Waals surface area contributed by atoms with E-state index in [1.54, 1.807) is 12.1 Å². The van der Waals surface area contributed by atoms with E-state index in [9.17, 15) is 4.39 Å². The maximum atomic E-state index is 13.1. The Morgan fingerprint density at radius 2 is 1.80 bits per heavy atom. The van der Waals surface area contributed by atoms with E-state index in [0.717, 1.165) is 24.9 Å². The van der Waals surface area contributed by atoms with E-state index in [-0.39, 0.29) is 5.82 Å². The Kier molecular flexibility index (Phi) is 3.27. The maximum Gasteiger partial charge on any atom is 0.123 e. The minimum atomic E-state index is -0.150. The van der Waals surface area contributed by atoms with Gasteiger partial charge in [-0.15, -0.1) is 0 Å². The van der Waals surface area contributed by atoms with Crippen LogP contribution in [-0.4, -0.2) is 18.8 Å². The zero-order chi connectivity index (χ0) is 13.5. The smallest absolute Gasteiger partial charge is 0.123 e. The SMILES string of the molecule is Fc1ccc(C(NC2CCOC2C2CC2)C2CC2)cc1. The summed E-state index contributed by atoms with van der Waals surface area (Å²) in [6, 6.07) is 7.90. The van der Waals surface area contributed by atoms with E-state index in [1.165, 1.54) is 31.2 Å². The van der Waals surface area contributed by atoms with Crippen LogP contribution in [0.2, 0.25) is 0 Å². The lowest BCUT2D eigenvalue weighted by Crippen LogP contribution is -2.40. The Morgan fingerprint density at radius 1 is 1.05 bits per heavy atom. The molecule has 3 unspecified atom stereocenters. The zero-order valence-corrected chi connectivity index (χ0v) is 11.7. The Bertz CT molecular complexity index is 466. The summed E-state index contributed by atoms with van der Waals surface area (Å²) in [5.74, 6) is 1.35. The van der Waals surface area contributed by atoms with Crippen molar-refractivity contribution in [2.24, 2.45) is 11.8 Å². The molecular weight excluding hydrogens is 253 g/mol. The first-order chi connectivity index (χ1) is 9.81. The third-order valence-corrected chi connectivity index (χ3v) is 4.94. The number of hydrogen-bond acceptors (Lipinski definition) is 2. The zero-order valence-electron chi connectivity index (χ0n) is 11.7. The van der Waals surface area contributed by atoms with Gasteiger partial charge in [-0.05, 0) is 61.6 Å². The van der Waals surface area contributed by atoms with Crippen molar-refractivity contribution in [1.82, 2.24) is 5.32 Å².